The molecule has 40 heavy (non-hydrogen) atoms. The van der Waals surface area contributed by atoms with Gasteiger partial charge in [-0.1, -0.05) is 49.6 Å². The van der Waals surface area contributed by atoms with Gasteiger partial charge in [-0.3, -0.25) is 19.2 Å². The number of unbranched alkanes of at least 4 members (excludes halogenated alkanes) is 3. The first-order valence-corrected chi connectivity index (χ1v) is 13.7. The predicted molar refractivity (Wildman–Crippen MR) is 144 cm³/mol. The normalized spacial score (nSPS) is 22.9. The largest absolute Gasteiger partial charge is 0.481 e. The number of carbonyl (C=O) groups is 3. The van der Waals surface area contributed by atoms with Gasteiger partial charge >= 0.3 is 11.9 Å². The molecule has 1 aliphatic rings. The molecule has 3 rings (SSSR count). The summed E-state index contributed by atoms with van der Waals surface area (Å²) in [6.45, 7) is 2.05. The topological polar surface area (TPSA) is 174 Å². The molecular formula is C29H39NO10. The highest BCUT2D eigenvalue weighted by Gasteiger charge is 2.41. The van der Waals surface area contributed by atoms with Gasteiger partial charge in [-0.05, 0) is 55.5 Å². The number of benzene rings is 2. The minimum Gasteiger partial charge on any atom is -0.481 e. The molecule has 0 spiro atoms. The summed E-state index contributed by atoms with van der Waals surface area (Å²) in [5.41, 5.74) is 0.452. The number of amides is 1. The molecule has 0 aliphatic carbocycles. The molecule has 0 saturated carbocycles. The maximum atomic E-state index is 13.4. The van der Waals surface area contributed by atoms with E-state index in [0.717, 1.165) is 10.8 Å². The molecule has 1 saturated heterocycles. The van der Waals surface area contributed by atoms with Crippen LogP contribution in [0.1, 0.15) is 62.2 Å². The lowest BCUT2D eigenvalue weighted by Gasteiger charge is -2.39. The van der Waals surface area contributed by atoms with Gasteiger partial charge in [0.1, 0.15) is 18.3 Å². The summed E-state index contributed by atoms with van der Waals surface area (Å²) in [5, 5.41) is 51.4. The molecule has 1 fully saturated rings. The molecule has 11 nitrogen and oxygen atoms in total. The van der Waals surface area contributed by atoms with Crippen molar-refractivity contribution in [2.45, 2.75) is 82.4 Å². The van der Waals surface area contributed by atoms with Crippen LogP contribution >= 0.6 is 0 Å². The van der Waals surface area contributed by atoms with Crippen LogP contribution in [0.25, 0.3) is 10.8 Å². The standard InChI is InChI=1S/C29H39NO10/c1-18-24(31)26(33)25(32)23(40-18)12-8-15-30(27(34)21-14-13-19-9-5-6-10-20(19)17-21)39-16-7-3-2-4-11-22(28(35)36)29(37)38/h5-6,9-10,13-14,17-18,22-26,31-33H,2-4,7-8,11-12,15-16H2,1H3,(H,35,36)(H,37,38)/t18-,23-,24+,25+,26+/m0/s1. The van der Waals surface area contributed by atoms with Crippen molar-refractivity contribution in [1.29, 1.82) is 0 Å². The van der Waals surface area contributed by atoms with Crippen LogP contribution in [-0.4, -0.2) is 92.1 Å². The third-order valence-electron chi connectivity index (χ3n) is 7.25. The molecule has 2 aromatic carbocycles. The number of ether oxygens (including phenoxy) is 1. The summed E-state index contributed by atoms with van der Waals surface area (Å²) in [6, 6.07) is 13.1. The van der Waals surface area contributed by atoms with Gasteiger partial charge in [-0.2, -0.15) is 0 Å². The van der Waals surface area contributed by atoms with E-state index in [1.165, 1.54) is 5.06 Å². The Morgan fingerprint density at radius 2 is 1.55 bits per heavy atom. The molecule has 5 N–H and O–H groups in total. The summed E-state index contributed by atoms with van der Waals surface area (Å²) in [4.78, 5) is 41.2. The van der Waals surface area contributed by atoms with Crippen molar-refractivity contribution in [3.8, 4) is 0 Å². The summed E-state index contributed by atoms with van der Waals surface area (Å²) in [6.07, 6.45) is -1.98. The quantitative estimate of drug-likeness (QED) is 0.124. The Morgan fingerprint density at radius 1 is 0.875 bits per heavy atom. The molecule has 1 heterocycles. The highest BCUT2D eigenvalue weighted by atomic mass is 16.7. The Balaban J connectivity index is 1.56. The van der Waals surface area contributed by atoms with E-state index in [1.807, 2.05) is 30.3 Å². The van der Waals surface area contributed by atoms with Crippen molar-refractivity contribution in [2.75, 3.05) is 13.2 Å². The number of hydrogen-bond donors (Lipinski definition) is 5. The van der Waals surface area contributed by atoms with Crippen molar-refractivity contribution in [3.63, 3.8) is 0 Å². The van der Waals surface area contributed by atoms with Gasteiger partial charge in [0.15, 0.2) is 5.92 Å². The third kappa shape index (κ3) is 8.45. The lowest BCUT2D eigenvalue weighted by molar-refractivity contribution is -0.219. The molecule has 0 bridgehead atoms. The number of hydrogen-bond acceptors (Lipinski definition) is 8. The van der Waals surface area contributed by atoms with E-state index < -0.39 is 48.4 Å². The second kappa shape index (κ2) is 15.1. The van der Waals surface area contributed by atoms with Crippen LogP contribution in [0.15, 0.2) is 42.5 Å². The number of aliphatic carboxylic acids is 2. The minimum atomic E-state index is -1.41. The zero-order chi connectivity index (χ0) is 29.2. The van der Waals surface area contributed by atoms with Gasteiger partial charge in [0.25, 0.3) is 5.91 Å². The second-order valence-corrected chi connectivity index (χ2v) is 10.2. The van der Waals surface area contributed by atoms with E-state index >= 15 is 0 Å². The number of carboxylic acids is 2. The fourth-order valence-electron chi connectivity index (χ4n) is 4.83. The molecule has 2 aromatic rings. The Hall–Kier alpha value is -3.09. The minimum absolute atomic E-state index is 0.0531. The highest BCUT2D eigenvalue weighted by molar-refractivity contribution is 5.98. The zero-order valence-corrected chi connectivity index (χ0v) is 22.6. The van der Waals surface area contributed by atoms with Crippen LogP contribution < -0.4 is 0 Å². The lowest BCUT2D eigenvalue weighted by atomic mass is 9.93. The summed E-state index contributed by atoms with van der Waals surface area (Å²) in [5.74, 6) is -4.43. The lowest BCUT2D eigenvalue weighted by Crippen LogP contribution is -2.56. The maximum Gasteiger partial charge on any atom is 0.317 e. The van der Waals surface area contributed by atoms with E-state index in [4.69, 9.17) is 19.8 Å². The van der Waals surface area contributed by atoms with Gasteiger partial charge in [0.05, 0.1) is 18.8 Å². The SMILES string of the molecule is C[C@@H]1O[C@@H](CCCN(OCCCCCCC(C(=O)O)C(=O)O)C(=O)c2ccc3ccccc3c2)[C@@H](O)[C@H](O)[C@@H]1O. The molecule has 1 amide bonds. The van der Waals surface area contributed by atoms with Crippen LogP contribution in [0, 0.1) is 5.92 Å². The first kappa shape index (κ1) is 31.4. The molecule has 0 unspecified atom stereocenters. The molecule has 0 aromatic heterocycles. The van der Waals surface area contributed by atoms with Crippen LogP contribution in [-0.2, 0) is 19.2 Å². The summed E-state index contributed by atoms with van der Waals surface area (Å²) >= 11 is 0. The summed E-state index contributed by atoms with van der Waals surface area (Å²) < 4.78 is 5.66. The van der Waals surface area contributed by atoms with E-state index in [9.17, 15) is 29.7 Å². The number of aliphatic hydroxyl groups excluding tert-OH is 3. The number of aliphatic hydroxyl groups is 3. The molecule has 220 valence electrons. The number of rotatable bonds is 15. The number of carbonyl (C=O) groups excluding carboxylic acids is 1. The van der Waals surface area contributed by atoms with Gasteiger partial charge in [-0.15, -0.1) is 0 Å². The van der Waals surface area contributed by atoms with Crippen molar-refractivity contribution in [1.82, 2.24) is 5.06 Å². The van der Waals surface area contributed by atoms with Crippen LogP contribution in [0.5, 0.6) is 0 Å². The third-order valence-corrected chi connectivity index (χ3v) is 7.25. The highest BCUT2D eigenvalue weighted by Crippen LogP contribution is 2.24. The summed E-state index contributed by atoms with van der Waals surface area (Å²) in [7, 11) is 0. The smallest absolute Gasteiger partial charge is 0.317 e. The molecule has 1 aliphatic heterocycles. The van der Waals surface area contributed by atoms with E-state index in [1.54, 1.807) is 19.1 Å². The van der Waals surface area contributed by atoms with Crippen molar-refractivity contribution < 1.29 is 49.5 Å². The van der Waals surface area contributed by atoms with E-state index in [0.29, 0.717) is 44.1 Å². The van der Waals surface area contributed by atoms with Crippen LogP contribution in [0.2, 0.25) is 0 Å². The van der Waals surface area contributed by atoms with Crippen molar-refractivity contribution in [2.24, 2.45) is 5.92 Å². The van der Waals surface area contributed by atoms with Gasteiger partial charge in [0.2, 0.25) is 0 Å². The Kier molecular flexibility index (Phi) is 11.8. The second-order valence-electron chi connectivity index (χ2n) is 10.2. The Labute approximate surface area is 232 Å². The van der Waals surface area contributed by atoms with Crippen LogP contribution in [0.4, 0.5) is 0 Å². The van der Waals surface area contributed by atoms with Gasteiger partial charge < -0.3 is 30.3 Å². The molecule has 11 heteroatoms. The average Bonchev–Trinajstić information content (AvgIpc) is 2.93. The number of carboxylic acid groups (broad SMARTS) is 2. The first-order chi connectivity index (χ1) is 19.1. The maximum absolute atomic E-state index is 13.4. The number of nitrogens with zero attached hydrogens (tertiary/aromatic N) is 1. The van der Waals surface area contributed by atoms with E-state index in [-0.39, 0.29) is 25.5 Å². The average molecular weight is 562 g/mol. The zero-order valence-electron chi connectivity index (χ0n) is 22.6. The fraction of sp³-hybridized carbons (Fsp3) is 0.552. The molecule has 5 atom stereocenters. The van der Waals surface area contributed by atoms with Crippen molar-refractivity contribution >= 4 is 28.6 Å². The molecular weight excluding hydrogens is 522 g/mol. The number of hydroxylamine groups is 2. The Morgan fingerprint density at radius 3 is 2.25 bits per heavy atom. The predicted octanol–water partition coefficient (Wildman–Crippen LogP) is 2.60. The van der Waals surface area contributed by atoms with Gasteiger partial charge in [-0.25, -0.2) is 5.06 Å². The fourth-order valence-corrected chi connectivity index (χ4v) is 4.83. The number of fused-ring (bicyclic) bond motifs is 1. The first-order valence-electron chi connectivity index (χ1n) is 13.7. The van der Waals surface area contributed by atoms with Crippen molar-refractivity contribution in [3.05, 3.63) is 48.0 Å². The van der Waals surface area contributed by atoms with Gasteiger partial charge in [0, 0.05) is 12.1 Å². The van der Waals surface area contributed by atoms with Crippen LogP contribution in [0.3, 0.4) is 0 Å². The molecule has 0 radical (unpaired) electrons. The Bertz CT molecular complexity index is 1130. The monoisotopic (exact) mass is 561 g/mol. The van der Waals surface area contributed by atoms with E-state index in [2.05, 4.69) is 0 Å².